The van der Waals surface area contributed by atoms with Crippen molar-refractivity contribution in [2.24, 2.45) is 5.92 Å². The highest BCUT2D eigenvalue weighted by atomic mass is 32.2. The minimum Gasteiger partial charge on any atom is -0.347 e. The van der Waals surface area contributed by atoms with E-state index in [1.54, 1.807) is 12.1 Å². The van der Waals surface area contributed by atoms with Crippen molar-refractivity contribution in [3.05, 3.63) is 59.9 Å². The number of hydrogen-bond acceptors (Lipinski definition) is 3. The number of benzene rings is 2. The largest absolute Gasteiger partial charge is 0.347 e. The third-order valence-corrected chi connectivity index (χ3v) is 5.37. The maximum Gasteiger partial charge on any atom is 0.240 e. The van der Waals surface area contributed by atoms with Gasteiger partial charge in [0.1, 0.15) is 12.4 Å². The number of hydrogen-bond donors (Lipinski definition) is 1. The molecule has 2 aromatic rings. The van der Waals surface area contributed by atoms with Crippen LogP contribution in [0.15, 0.2) is 53.4 Å². The Kier molecular flexibility index (Phi) is 5.61. The van der Waals surface area contributed by atoms with E-state index in [0.717, 1.165) is 16.1 Å². The monoisotopic (exact) mass is 372 g/mol. The lowest BCUT2D eigenvalue weighted by Gasteiger charge is -2.30. The molecule has 2 amide bonds. The van der Waals surface area contributed by atoms with Crippen LogP contribution in [0.25, 0.3) is 0 Å². The molecule has 3 rings (SSSR count). The number of rotatable bonds is 5. The van der Waals surface area contributed by atoms with Gasteiger partial charge in [-0.15, -0.1) is 11.8 Å². The molecule has 6 heteroatoms. The zero-order valence-corrected chi connectivity index (χ0v) is 15.6. The van der Waals surface area contributed by atoms with Crippen molar-refractivity contribution >= 4 is 29.3 Å². The maximum absolute atomic E-state index is 13.2. The van der Waals surface area contributed by atoms with E-state index in [1.165, 1.54) is 28.8 Å². The molecule has 0 saturated carbocycles. The molecule has 1 unspecified atom stereocenters. The number of carbonyl (C=O) groups excluding carboxylic acids is 2. The van der Waals surface area contributed by atoms with Crippen LogP contribution in [0.5, 0.6) is 0 Å². The van der Waals surface area contributed by atoms with E-state index < -0.39 is 0 Å². The molecule has 26 heavy (non-hydrogen) atoms. The molecule has 0 aliphatic carbocycles. The first-order valence-corrected chi connectivity index (χ1v) is 9.51. The summed E-state index contributed by atoms with van der Waals surface area (Å²) in [4.78, 5) is 27.5. The van der Waals surface area contributed by atoms with Gasteiger partial charge in [0.25, 0.3) is 0 Å². The second-order valence-corrected chi connectivity index (χ2v) is 7.59. The fourth-order valence-corrected chi connectivity index (χ4v) is 3.93. The van der Waals surface area contributed by atoms with E-state index in [4.69, 9.17) is 0 Å². The molecular formula is C20H21FN2O2S. The molecule has 0 bridgehead atoms. The van der Waals surface area contributed by atoms with Gasteiger partial charge in [0.2, 0.25) is 11.8 Å². The van der Waals surface area contributed by atoms with E-state index in [9.17, 15) is 14.0 Å². The van der Waals surface area contributed by atoms with Crippen molar-refractivity contribution in [2.75, 3.05) is 17.2 Å². The van der Waals surface area contributed by atoms with E-state index in [1.807, 2.05) is 38.1 Å². The molecular weight excluding hydrogens is 351 g/mol. The van der Waals surface area contributed by atoms with Crippen LogP contribution >= 0.6 is 11.8 Å². The molecule has 1 heterocycles. The molecule has 2 aromatic carbocycles. The third-order valence-electron chi connectivity index (χ3n) is 4.32. The molecule has 136 valence electrons. The highest BCUT2D eigenvalue weighted by molar-refractivity contribution is 8.00. The number of carbonyl (C=O) groups is 2. The second kappa shape index (κ2) is 7.91. The highest BCUT2D eigenvalue weighted by Crippen LogP contribution is 2.34. The Labute approximate surface area is 156 Å². The first kappa shape index (κ1) is 18.5. The summed E-state index contributed by atoms with van der Waals surface area (Å²) in [5.41, 5.74) is 1.61. The van der Waals surface area contributed by atoms with Crippen LogP contribution in [0.3, 0.4) is 0 Å². The van der Waals surface area contributed by atoms with Crippen LogP contribution in [-0.2, 0) is 9.59 Å². The number of halogens is 1. The normalized spacial score (nSPS) is 14.9. The Balaban J connectivity index is 1.75. The Morgan fingerprint density at radius 3 is 2.58 bits per heavy atom. The number of anilines is 1. The number of amides is 2. The minimum absolute atomic E-state index is 0.0270. The molecule has 0 saturated heterocycles. The summed E-state index contributed by atoms with van der Waals surface area (Å²) in [7, 11) is 0. The number of nitrogens with one attached hydrogen (secondary N) is 1. The Morgan fingerprint density at radius 2 is 1.88 bits per heavy atom. The first-order valence-electron chi connectivity index (χ1n) is 8.52. The van der Waals surface area contributed by atoms with Crippen LogP contribution in [0.1, 0.15) is 25.5 Å². The number of para-hydroxylation sites is 1. The van der Waals surface area contributed by atoms with E-state index >= 15 is 0 Å². The lowest BCUT2D eigenvalue weighted by Crippen LogP contribution is -2.44. The van der Waals surface area contributed by atoms with Crippen molar-refractivity contribution in [3.8, 4) is 0 Å². The van der Waals surface area contributed by atoms with Gasteiger partial charge in [0.05, 0.1) is 17.5 Å². The van der Waals surface area contributed by atoms with Crippen LogP contribution in [-0.4, -0.2) is 24.1 Å². The fraction of sp³-hybridized carbons (Fsp3) is 0.300. The van der Waals surface area contributed by atoms with Gasteiger partial charge in [-0.1, -0.05) is 38.1 Å². The molecule has 0 radical (unpaired) electrons. The van der Waals surface area contributed by atoms with Crippen LogP contribution < -0.4 is 10.2 Å². The zero-order chi connectivity index (χ0) is 18.7. The average molecular weight is 372 g/mol. The summed E-state index contributed by atoms with van der Waals surface area (Å²) >= 11 is 1.49. The lowest BCUT2D eigenvalue weighted by atomic mass is 9.96. The fourth-order valence-electron chi connectivity index (χ4n) is 3.00. The molecule has 0 aromatic heterocycles. The maximum atomic E-state index is 13.2. The van der Waals surface area contributed by atoms with Gasteiger partial charge >= 0.3 is 0 Å². The molecule has 1 N–H and O–H groups in total. The predicted octanol–water partition coefficient (Wildman–Crippen LogP) is 3.78. The first-order chi connectivity index (χ1) is 12.5. The summed E-state index contributed by atoms with van der Waals surface area (Å²) < 4.78 is 13.2. The van der Waals surface area contributed by atoms with E-state index in [-0.39, 0.29) is 36.1 Å². The van der Waals surface area contributed by atoms with Crippen molar-refractivity contribution in [3.63, 3.8) is 0 Å². The molecule has 0 spiro atoms. The SMILES string of the molecule is CC(C)C(NC(=O)CN1C(=O)CSc2ccccc21)c1ccc(F)cc1. The summed E-state index contributed by atoms with van der Waals surface area (Å²) in [5, 5.41) is 2.99. The van der Waals surface area contributed by atoms with Gasteiger partial charge in [-0.3, -0.25) is 9.59 Å². The summed E-state index contributed by atoms with van der Waals surface area (Å²) in [6.07, 6.45) is 0. The lowest BCUT2D eigenvalue weighted by molar-refractivity contribution is -0.123. The number of fused-ring (bicyclic) bond motifs is 1. The van der Waals surface area contributed by atoms with Crippen molar-refractivity contribution < 1.29 is 14.0 Å². The van der Waals surface area contributed by atoms with Crippen LogP contribution in [0, 0.1) is 11.7 Å². The Hall–Kier alpha value is -2.34. The zero-order valence-electron chi connectivity index (χ0n) is 14.7. The number of nitrogens with zero attached hydrogens (tertiary/aromatic N) is 1. The van der Waals surface area contributed by atoms with Gasteiger partial charge in [0.15, 0.2) is 0 Å². The van der Waals surface area contributed by atoms with Gasteiger partial charge in [-0.2, -0.15) is 0 Å². The Bertz CT molecular complexity index is 808. The highest BCUT2D eigenvalue weighted by Gasteiger charge is 2.27. The quantitative estimate of drug-likeness (QED) is 0.869. The van der Waals surface area contributed by atoms with Crippen LogP contribution in [0.2, 0.25) is 0 Å². The van der Waals surface area contributed by atoms with Crippen molar-refractivity contribution in [1.29, 1.82) is 0 Å². The summed E-state index contributed by atoms with van der Waals surface area (Å²) in [6, 6.07) is 13.5. The molecule has 1 aliphatic heterocycles. The van der Waals surface area contributed by atoms with Crippen LogP contribution in [0.4, 0.5) is 10.1 Å². The third kappa shape index (κ3) is 4.07. The van der Waals surface area contributed by atoms with Gasteiger partial charge in [0, 0.05) is 4.90 Å². The number of thioether (sulfide) groups is 1. The predicted molar refractivity (Wildman–Crippen MR) is 102 cm³/mol. The minimum atomic E-state index is -0.310. The average Bonchev–Trinajstić information content (AvgIpc) is 2.63. The van der Waals surface area contributed by atoms with E-state index in [0.29, 0.717) is 5.75 Å². The smallest absolute Gasteiger partial charge is 0.240 e. The van der Waals surface area contributed by atoms with Gasteiger partial charge in [-0.25, -0.2) is 4.39 Å². The van der Waals surface area contributed by atoms with Crippen molar-refractivity contribution in [1.82, 2.24) is 5.32 Å². The van der Waals surface area contributed by atoms with E-state index in [2.05, 4.69) is 5.32 Å². The topological polar surface area (TPSA) is 49.4 Å². The standard InChI is InChI=1S/C20H21FN2O2S/c1-13(2)20(14-7-9-15(21)10-8-14)22-18(24)11-23-16-5-3-4-6-17(16)26-12-19(23)25/h3-10,13,20H,11-12H2,1-2H3,(H,22,24). The molecule has 0 fully saturated rings. The summed E-state index contributed by atoms with van der Waals surface area (Å²) in [6.45, 7) is 3.96. The van der Waals surface area contributed by atoms with Gasteiger partial charge in [-0.05, 0) is 35.7 Å². The Morgan fingerprint density at radius 1 is 1.19 bits per heavy atom. The molecule has 1 atom stereocenters. The molecule has 1 aliphatic rings. The second-order valence-electron chi connectivity index (χ2n) is 6.58. The summed E-state index contributed by atoms with van der Waals surface area (Å²) in [5.74, 6) is -0.162. The molecule has 4 nitrogen and oxygen atoms in total. The van der Waals surface area contributed by atoms with Gasteiger partial charge < -0.3 is 10.2 Å². The van der Waals surface area contributed by atoms with Crippen molar-refractivity contribution in [2.45, 2.75) is 24.8 Å².